The van der Waals surface area contributed by atoms with Crippen LogP contribution in [0.4, 0.5) is 4.39 Å². The van der Waals surface area contributed by atoms with E-state index in [9.17, 15) is 4.39 Å². The highest BCUT2D eigenvalue weighted by molar-refractivity contribution is 9.10. The van der Waals surface area contributed by atoms with Gasteiger partial charge in [-0.3, -0.25) is 0 Å². The average Bonchev–Trinajstić information content (AvgIpc) is 3.18. The van der Waals surface area contributed by atoms with Gasteiger partial charge in [-0.05, 0) is 40.9 Å². The molecule has 6 heteroatoms. The Bertz CT molecular complexity index is 643. The summed E-state index contributed by atoms with van der Waals surface area (Å²) in [4.78, 5) is 0. The summed E-state index contributed by atoms with van der Waals surface area (Å²) in [6.45, 7) is 1.00. The second-order valence-electron chi connectivity index (χ2n) is 5.01. The summed E-state index contributed by atoms with van der Waals surface area (Å²) in [5, 5.41) is 3.48. The molecule has 0 aliphatic heterocycles. The molecular formula is C15H14BrClFNO2. The van der Waals surface area contributed by atoms with Gasteiger partial charge in [-0.15, -0.1) is 0 Å². The fourth-order valence-corrected chi connectivity index (χ4v) is 2.70. The number of benzene rings is 1. The Morgan fingerprint density at radius 3 is 3.00 bits per heavy atom. The molecule has 2 aromatic rings. The van der Waals surface area contributed by atoms with Crippen molar-refractivity contribution in [1.29, 1.82) is 0 Å². The van der Waals surface area contributed by atoms with Gasteiger partial charge in [0.05, 0.1) is 15.8 Å². The molecule has 112 valence electrons. The minimum absolute atomic E-state index is 0.0570. The number of hydrogen-bond donors (Lipinski definition) is 1. The second-order valence-corrected chi connectivity index (χ2v) is 6.27. The lowest BCUT2D eigenvalue weighted by Gasteiger charge is -2.09. The summed E-state index contributed by atoms with van der Waals surface area (Å²) in [6.07, 6.45) is 4.11. The quantitative estimate of drug-likeness (QED) is 0.746. The number of halogens is 3. The van der Waals surface area contributed by atoms with Crippen LogP contribution in [0.25, 0.3) is 0 Å². The number of nitrogens with one attached hydrogen (secondary N) is 1. The van der Waals surface area contributed by atoms with Gasteiger partial charge in [0.1, 0.15) is 23.9 Å². The molecule has 0 radical (unpaired) electrons. The van der Waals surface area contributed by atoms with E-state index in [0.29, 0.717) is 16.3 Å². The van der Waals surface area contributed by atoms with E-state index >= 15 is 0 Å². The molecule has 0 unspecified atom stereocenters. The van der Waals surface area contributed by atoms with E-state index in [1.807, 2.05) is 6.07 Å². The molecule has 21 heavy (non-hydrogen) atoms. The zero-order valence-electron chi connectivity index (χ0n) is 11.2. The van der Waals surface area contributed by atoms with Crippen molar-refractivity contribution < 1.29 is 13.5 Å². The molecule has 1 aliphatic carbocycles. The highest BCUT2D eigenvalue weighted by Crippen LogP contribution is 2.31. The van der Waals surface area contributed by atoms with Gasteiger partial charge in [0.25, 0.3) is 0 Å². The van der Waals surface area contributed by atoms with E-state index in [0.717, 1.165) is 17.9 Å². The first-order chi connectivity index (χ1) is 10.1. The Morgan fingerprint density at radius 1 is 1.43 bits per heavy atom. The van der Waals surface area contributed by atoms with Crippen LogP contribution < -0.4 is 10.1 Å². The van der Waals surface area contributed by atoms with Crippen LogP contribution in [0.3, 0.4) is 0 Å². The van der Waals surface area contributed by atoms with E-state index in [-0.39, 0.29) is 11.6 Å². The van der Waals surface area contributed by atoms with Crippen molar-refractivity contribution in [3.63, 3.8) is 0 Å². The van der Waals surface area contributed by atoms with Gasteiger partial charge in [-0.1, -0.05) is 11.6 Å². The van der Waals surface area contributed by atoms with Crippen LogP contribution in [0.15, 0.2) is 33.4 Å². The molecule has 0 atom stereocenters. The molecule has 0 bridgehead atoms. The first kappa shape index (κ1) is 14.9. The highest BCUT2D eigenvalue weighted by Gasteiger charge is 2.21. The summed E-state index contributed by atoms with van der Waals surface area (Å²) in [5.74, 6) is 0.629. The van der Waals surface area contributed by atoms with Gasteiger partial charge in [0, 0.05) is 24.2 Å². The summed E-state index contributed by atoms with van der Waals surface area (Å²) in [6, 6.07) is 5.29. The smallest absolute Gasteiger partial charge is 0.146 e. The van der Waals surface area contributed by atoms with Gasteiger partial charge < -0.3 is 14.5 Å². The van der Waals surface area contributed by atoms with Crippen molar-refractivity contribution >= 4 is 27.5 Å². The SMILES string of the molecule is Fc1cc(OCc2occc2CNC2CC2)c(Br)cc1Cl. The largest absolute Gasteiger partial charge is 0.484 e. The Labute approximate surface area is 135 Å². The van der Waals surface area contributed by atoms with Crippen molar-refractivity contribution in [2.75, 3.05) is 0 Å². The predicted octanol–water partition coefficient (Wildman–Crippen LogP) is 4.67. The molecule has 1 aliphatic rings. The average molecular weight is 375 g/mol. The molecule has 1 saturated carbocycles. The minimum Gasteiger partial charge on any atom is -0.484 e. The van der Waals surface area contributed by atoms with Gasteiger partial charge in [0.15, 0.2) is 0 Å². The maximum atomic E-state index is 13.5. The van der Waals surface area contributed by atoms with Gasteiger partial charge in [0.2, 0.25) is 0 Å². The standard InChI is InChI=1S/C15H14BrClFNO2/c16-11-5-12(17)13(18)6-14(11)21-8-15-9(3-4-20-15)7-19-10-1-2-10/h3-6,10,19H,1-2,7-8H2. The molecule has 1 N–H and O–H groups in total. The van der Waals surface area contributed by atoms with E-state index in [2.05, 4.69) is 21.2 Å². The third-order valence-electron chi connectivity index (χ3n) is 3.33. The molecule has 1 aromatic carbocycles. The zero-order chi connectivity index (χ0) is 14.8. The first-order valence-electron chi connectivity index (χ1n) is 6.69. The van der Waals surface area contributed by atoms with Crippen molar-refractivity contribution in [2.24, 2.45) is 0 Å². The first-order valence-corrected chi connectivity index (χ1v) is 7.86. The highest BCUT2D eigenvalue weighted by atomic mass is 79.9. The summed E-state index contributed by atoms with van der Waals surface area (Å²) in [7, 11) is 0. The van der Waals surface area contributed by atoms with Crippen LogP contribution >= 0.6 is 27.5 Å². The van der Waals surface area contributed by atoms with E-state index in [1.54, 1.807) is 6.26 Å². The van der Waals surface area contributed by atoms with Crippen molar-refractivity contribution in [3.8, 4) is 5.75 Å². The van der Waals surface area contributed by atoms with Crippen LogP contribution in [0, 0.1) is 5.82 Å². The number of hydrogen-bond acceptors (Lipinski definition) is 3. The van der Waals surface area contributed by atoms with Crippen molar-refractivity contribution in [2.45, 2.75) is 32.0 Å². The van der Waals surface area contributed by atoms with E-state index < -0.39 is 5.82 Å². The van der Waals surface area contributed by atoms with E-state index in [1.165, 1.54) is 25.0 Å². The molecule has 1 aromatic heterocycles. The van der Waals surface area contributed by atoms with Crippen LogP contribution in [0.2, 0.25) is 5.02 Å². The predicted molar refractivity (Wildman–Crippen MR) is 82.0 cm³/mol. The van der Waals surface area contributed by atoms with Crippen molar-refractivity contribution in [3.05, 3.63) is 51.1 Å². The van der Waals surface area contributed by atoms with Crippen LogP contribution in [-0.2, 0) is 13.2 Å². The molecule has 1 fully saturated rings. The fraction of sp³-hybridized carbons (Fsp3) is 0.333. The Hall–Kier alpha value is -1.04. The summed E-state index contributed by atoms with van der Waals surface area (Å²) in [5.41, 5.74) is 1.06. The van der Waals surface area contributed by atoms with Crippen molar-refractivity contribution in [1.82, 2.24) is 5.32 Å². The minimum atomic E-state index is -0.509. The lowest BCUT2D eigenvalue weighted by molar-refractivity contribution is 0.265. The van der Waals surface area contributed by atoms with Gasteiger partial charge in [-0.25, -0.2) is 4.39 Å². The number of rotatable bonds is 6. The second kappa shape index (κ2) is 6.38. The molecule has 1 heterocycles. The maximum absolute atomic E-state index is 13.5. The molecule has 0 amide bonds. The molecule has 0 saturated heterocycles. The van der Waals surface area contributed by atoms with Crippen LogP contribution in [0.1, 0.15) is 24.2 Å². The third-order valence-corrected chi connectivity index (χ3v) is 4.24. The lowest BCUT2D eigenvalue weighted by atomic mass is 10.2. The van der Waals surface area contributed by atoms with Crippen LogP contribution in [0.5, 0.6) is 5.75 Å². The number of furan rings is 1. The fourth-order valence-electron chi connectivity index (χ4n) is 1.95. The number of ether oxygens (including phenoxy) is 1. The Morgan fingerprint density at radius 2 is 2.24 bits per heavy atom. The molecule has 3 rings (SSSR count). The zero-order valence-corrected chi connectivity index (χ0v) is 13.5. The topological polar surface area (TPSA) is 34.4 Å². The Kier molecular flexibility index (Phi) is 4.52. The van der Waals surface area contributed by atoms with Gasteiger partial charge >= 0.3 is 0 Å². The monoisotopic (exact) mass is 373 g/mol. The molecule has 0 spiro atoms. The molecule has 3 nitrogen and oxygen atoms in total. The lowest BCUT2D eigenvalue weighted by Crippen LogP contribution is -2.16. The van der Waals surface area contributed by atoms with Crippen LogP contribution in [-0.4, -0.2) is 6.04 Å². The molecular weight excluding hydrogens is 361 g/mol. The van der Waals surface area contributed by atoms with E-state index in [4.69, 9.17) is 20.8 Å². The Balaban J connectivity index is 1.64. The summed E-state index contributed by atoms with van der Waals surface area (Å²) >= 11 is 9.00. The third kappa shape index (κ3) is 3.78. The summed E-state index contributed by atoms with van der Waals surface area (Å²) < 4.78 is 25.1. The van der Waals surface area contributed by atoms with Gasteiger partial charge in [-0.2, -0.15) is 0 Å². The normalized spacial score (nSPS) is 14.4. The maximum Gasteiger partial charge on any atom is 0.146 e.